The van der Waals surface area contributed by atoms with Crippen LogP contribution >= 0.6 is 0 Å². The Morgan fingerprint density at radius 2 is 2.19 bits per heavy atom. The molecule has 26 heavy (non-hydrogen) atoms. The first-order chi connectivity index (χ1) is 12.9. The Hall–Kier alpha value is -2.80. The van der Waals surface area contributed by atoms with Crippen molar-refractivity contribution in [2.45, 2.75) is 18.5 Å². The number of piperidine rings is 1. The van der Waals surface area contributed by atoms with Crippen LogP contribution in [0.15, 0.2) is 42.6 Å². The Labute approximate surface area is 150 Å². The van der Waals surface area contributed by atoms with Crippen molar-refractivity contribution >= 4 is 16.8 Å². The van der Waals surface area contributed by atoms with Gasteiger partial charge in [-0.1, -0.05) is 18.2 Å². The number of fused-ring (bicyclic) bond motifs is 1. The molecule has 3 N–H and O–H groups in total. The van der Waals surface area contributed by atoms with Crippen molar-refractivity contribution < 1.29 is 14.9 Å². The molecule has 2 aromatic carbocycles. The van der Waals surface area contributed by atoms with Crippen LogP contribution in [0.1, 0.15) is 29.6 Å². The van der Waals surface area contributed by atoms with Gasteiger partial charge in [0.2, 0.25) is 0 Å². The van der Waals surface area contributed by atoms with Crippen LogP contribution in [-0.4, -0.2) is 34.9 Å². The molecule has 2 heterocycles. The Morgan fingerprint density at radius 1 is 1.35 bits per heavy atom. The van der Waals surface area contributed by atoms with E-state index in [-0.39, 0.29) is 30.6 Å². The van der Waals surface area contributed by atoms with Gasteiger partial charge in [-0.25, -0.2) is 13.5 Å². The van der Waals surface area contributed by atoms with Crippen molar-refractivity contribution in [1.29, 1.82) is 0 Å². The number of nitrogens with two attached hydrogens (primary N) is 1. The van der Waals surface area contributed by atoms with Gasteiger partial charge in [0.15, 0.2) is 0 Å². The first-order valence-corrected chi connectivity index (χ1v) is 8.31. The molecule has 1 amide bonds. The maximum atomic E-state index is 14.8. The van der Waals surface area contributed by atoms with E-state index in [9.17, 15) is 13.6 Å². The van der Waals surface area contributed by atoms with E-state index in [1.54, 1.807) is 30.5 Å². The molecular weight excluding hydrogens is 338 g/mol. The molecule has 134 valence electrons. The summed E-state index contributed by atoms with van der Waals surface area (Å²) < 4.78 is 38.4. The largest absolute Gasteiger partial charge is 0.366 e. The summed E-state index contributed by atoms with van der Waals surface area (Å²) in [6.07, 6.45) is 0.440. The summed E-state index contributed by atoms with van der Waals surface area (Å²) in [6, 6.07) is 9.46. The molecule has 1 aliphatic heterocycles. The number of halogens is 2. The standard InChI is InChI=1S/C19H18F2N4O/c20-13-6-12(8-23-9-13)15-5-4-14(7-17(15)21)25-10-11-2-1-3-16(19(22)26)18(11)24-25/h1-5,7,10,12-13,23H,6,8-9H2,(H2,22,26)/i12D. The van der Waals surface area contributed by atoms with Crippen LogP contribution in [0.25, 0.3) is 16.6 Å². The lowest BCUT2D eigenvalue weighted by Crippen LogP contribution is -2.36. The van der Waals surface area contributed by atoms with E-state index in [1.165, 1.54) is 16.8 Å². The number of nitrogens with one attached hydrogen (secondary N) is 1. The average Bonchev–Trinajstić information content (AvgIpc) is 3.05. The summed E-state index contributed by atoms with van der Waals surface area (Å²) in [6.45, 7) is 0.375. The van der Waals surface area contributed by atoms with Gasteiger partial charge in [0.25, 0.3) is 5.91 Å². The molecule has 0 saturated carbocycles. The number of hydrogen-bond acceptors (Lipinski definition) is 3. The molecule has 0 spiro atoms. The molecule has 2 unspecified atom stereocenters. The zero-order valence-corrected chi connectivity index (χ0v) is 13.9. The Kier molecular flexibility index (Phi) is 3.86. The number of primary amides is 1. The van der Waals surface area contributed by atoms with Gasteiger partial charge in [-0.3, -0.25) is 4.79 Å². The molecule has 4 rings (SSSR count). The molecule has 1 saturated heterocycles. The van der Waals surface area contributed by atoms with Gasteiger partial charge in [-0.15, -0.1) is 0 Å². The van der Waals surface area contributed by atoms with Gasteiger partial charge in [-0.05, 0) is 30.2 Å². The highest BCUT2D eigenvalue weighted by Crippen LogP contribution is 2.28. The van der Waals surface area contributed by atoms with Gasteiger partial charge < -0.3 is 11.1 Å². The Balaban J connectivity index is 1.74. The molecule has 0 aliphatic carbocycles. The number of aromatic nitrogens is 2. The first kappa shape index (κ1) is 15.5. The second-order valence-corrected chi connectivity index (χ2v) is 6.38. The van der Waals surface area contributed by atoms with Gasteiger partial charge in [0, 0.05) is 31.9 Å². The number of rotatable bonds is 3. The predicted molar refractivity (Wildman–Crippen MR) is 94.7 cm³/mol. The van der Waals surface area contributed by atoms with Crippen molar-refractivity contribution in [2.75, 3.05) is 13.1 Å². The molecule has 1 aliphatic rings. The van der Waals surface area contributed by atoms with E-state index in [0.717, 1.165) is 0 Å². The summed E-state index contributed by atoms with van der Waals surface area (Å²) in [5.74, 6) is -2.53. The summed E-state index contributed by atoms with van der Waals surface area (Å²) in [7, 11) is 0. The topological polar surface area (TPSA) is 72.9 Å². The molecular formula is C19H18F2N4O. The van der Waals surface area contributed by atoms with E-state index in [1.807, 2.05) is 0 Å². The lowest BCUT2D eigenvalue weighted by atomic mass is 9.90. The van der Waals surface area contributed by atoms with Crippen LogP contribution < -0.4 is 11.1 Å². The van der Waals surface area contributed by atoms with E-state index in [0.29, 0.717) is 16.6 Å². The van der Waals surface area contributed by atoms with Crippen LogP contribution in [0.3, 0.4) is 0 Å². The van der Waals surface area contributed by atoms with Crippen LogP contribution in [0.4, 0.5) is 8.78 Å². The minimum absolute atomic E-state index is 0.0517. The third-order valence-corrected chi connectivity index (χ3v) is 4.57. The number of carbonyl (C=O) groups is 1. The van der Waals surface area contributed by atoms with E-state index >= 15 is 0 Å². The molecule has 7 heteroatoms. The SMILES string of the molecule is [2H]C1(c2ccc(-n3cc4cccc(C(N)=O)c4n3)cc2F)CNCC(F)C1. The molecule has 3 aromatic rings. The molecule has 0 radical (unpaired) electrons. The fourth-order valence-electron chi connectivity index (χ4n) is 3.31. The molecule has 2 atom stereocenters. The maximum Gasteiger partial charge on any atom is 0.250 e. The van der Waals surface area contributed by atoms with Crippen LogP contribution in [0.2, 0.25) is 0 Å². The quantitative estimate of drug-likeness (QED) is 0.757. The first-order valence-electron chi connectivity index (χ1n) is 8.81. The maximum absolute atomic E-state index is 14.8. The second-order valence-electron chi connectivity index (χ2n) is 6.38. The lowest BCUT2D eigenvalue weighted by molar-refractivity contribution is 0.100. The number of carbonyl (C=O) groups excluding carboxylic acids is 1. The molecule has 0 bridgehead atoms. The normalized spacial score (nSPS) is 23.8. The van der Waals surface area contributed by atoms with E-state index < -0.39 is 23.8 Å². The highest BCUT2D eigenvalue weighted by Gasteiger charge is 2.25. The van der Waals surface area contributed by atoms with Gasteiger partial charge in [0.05, 0.1) is 11.3 Å². The van der Waals surface area contributed by atoms with Gasteiger partial charge in [-0.2, -0.15) is 5.10 Å². The van der Waals surface area contributed by atoms with Crippen LogP contribution in [-0.2, 0) is 0 Å². The smallest absolute Gasteiger partial charge is 0.250 e. The zero-order chi connectivity index (χ0) is 19.2. The van der Waals surface area contributed by atoms with Crippen molar-refractivity contribution in [1.82, 2.24) is 15.1 Å². The highest BCUT2D eigenvalue weighted by atomic mass is 19.1. The number of alkyl halides is 1. The van der Waals surface area contributed by atoms with E-state index in [2.05, 4.69) is 10.4 Å². The van der Waals surface area contributed by atoms with Gasteiger partial charge in [0.1, 0.15) is 17.5 Å². The van der Waals surface area contributed by atoms with Crippen LogP contribution in [0, 0.1) is 5.82 Å². The third kappa shape index (κ3) is 2.94. The zero-order valence-electron chi connectivity index (χ0n) is 14.9. The fraction of sp³-hybridized carbons (Fsp3) is 0.263. The number of amides is 1. The predicted octanol–water partition coefficient (Wildman–Crippen LogP) is 2.68. The van der Waals surface area contributed by atoms with Crippen molar-refractivity contribution in [3.05, 3.63) is 59.5 Å². The highest BCUT2D eigenvalue weighted by molar-refractivity contribution is 6.04. The minimum atomic E-state index is -1.35. The van der Waals surface area contributed by atoms with Crippen molar-refractivity contribution in [3.8, 4) is 5.69 Å². The summed E-state index contributed by atoms with van der Waals surface area (Å²) in [5.41, 5.74) is 6.68. The molecule has 5 nitrogen and oxygen atoms in total. The average molecular weight is 357 g/mol. The summed E-state index contributed by atoms with van der Waals surface area (Å²) >= 11 is 0. The van der Waals surface area contributed by atoms with Gasteiger partial charge >= 0.3 is 0 Å². The molecule has 1 aromatic heterocycles. The minimum Gasteiger partial charge on any atom is -0.366 e. The van der Waals surface area contributed by atoms with Crippen LogP contribution in [0.5, 0.6) is 0 Å². The number of nitrogens with zero attached hydrogens (tertiary/aromatic N) is 2. The third-order valence-electron chi connectivity index (χ3n) is 4.57. The lowest BCUT2D eigenvalue weighted by Gasteiger charge is -2.26. The Bertz CT molecular complexity index is 1040. The summed E-state index contributed by atoms with van der Waals surface area (Å²) in [5, 5.41) is 7.89. The monoisotopic (exact) mass is 357 g/mol. The summed E-state index contributed by atoms with van der Waals surface area (Å²) in [4.78, 5) is 11.6. The van der Waals surface area contributed by atoms with E-state index in [4.69, 9.17) is 7.10 Å². The van der Waals surface area contributed by atoms with Crippen molar-refractivity contribution in [3.63, 3.8) is 0 Å². The number of hydrogen-bond donors (Lipinski definition) is 2. The Morgan fingerprint density at radius 3 is 2.92 bits per heavy atom. The fourth-order valence-corrected chi connectivity index (χ4v) is 3.31. The number of benzene rings is 2. The second kappa shape index (κ2) is 6.49. The molecule has 1 fully saturated rings. The van der Waals surface area contributed by atoms with Crippen molar-refractivity contribution in [2.24, 2.45) is 5.73 Å².